The van der Waals surface area contributed by atoms with Crippen molar-refractivity contribution >= 4 is 34.2 Å². The van der Waals surface area contributed by atoms with E-state index in [0.29, 0.717) is 39.4 Å². The van der Waals surface area contributed by atoms with Crippen molar-refractivity contribution in [3.05, 3.63) is 76.3 Å². The minimum atomic E-state index is -1.26. The van der Waals surface area contributed by atoms with Crippen LogP contribution in [0.4, 0.5) is 11.4 Å². The molecule has 212 valence electrons. The number of methoxy groups -OCH3 is 4. The zero-order chi connectivity index (χ0) is 29.7. The SMILES string of the molecule is COc1ccc([N+](=O)[O-])cc1NC(=O)C(C)OC(=O)c1cc(-c2cc(OC)c(OC)c(OC)c2)nc2ccccc12. The maximum atomic E-state index is 13.4. The van der Waals surface area contributed by atoms with Gasteiger partial charge in [0.15, 0.2) is 17.6 Å². The number of esters is 1. The van der Waals surface area contributed by atoms with Crippen molar-refractivity contribution in [2.45, 2.75) is 13.0 Å². The highest BCUT2D eigenvalue weighted by Gasteiger charge is 2.24. The monoisotopic (exact) mass is 561 g/mol. The van der Waals surface area contributed by atoms with Gasteiger partial charge >= 0.3 is 5.97 Å². The number of carbonyl (C=O) groups excluding carboxylic acids is 2. The van der Waals surface area contributed by atoms with Gasteiger partial charge in [0.25, 0.3) is 11.6 Å². The van der Waals surface area contributed by atoms with E-state index in [9.17, 15) is 19.7 Å². The molecule has 41 heavy (non-hydrogen) atoms. The second kappa shape index (κ2) is 12.2. The number of non-ortho nitro benzene ring substituents is 1. The molecule has 1 aromatic heterocycles. The highest BCUT2D eigenvalue weighted by atomic mass is 16.6. The molecule has 1 atom stereocenters. The molecule has 0 radical (unpaired) electrons. The van der Waals surface area contributed by atoms with Crippen molar-refractivity contribution < 1.29 is 38.2 Å². The first-order valence-electron chi connectivity index (χ1n) is 12.2. The molecule has 0 bridgehead atoms. The molecule has 12 nitrogen and oxygen atoms in total. The summed E-state index contributed by atoms with van der Waals surface area (Å²) < 4.78 is 27.0. The third-order valence-corrected chi connectivity index (χ3v) is 6.20. The first kappa shape index (κ1) is 28.6. The standard InChI is InChI=1S/C29H27N3O9/c1-16(28(33)31-23-14-18(32(35)36)10-11-24(23)37-2)41-29(34)20-15-22(30-21-9-7-6-8-19(20)21)17-12-25(38-3)27(40-5)26(13-17)39-4/h6-16H,1-5H3,(H,31,33). The lowest BCUT2D eigenvalue weighted by Gasteiger charge is -2.17. The number of amides is 1. The summed E-state index contributed by atoms with van der Waals surface area (Å²) in [5.74, 6) is -0.0612. The topological polar surface area (TPSA) is 148 Å². The number of hydrogen-bond donors (Lipinski definition) is 1. The van der Waals surface area contributed by atoms with Gasteiger partial charge in [0.2, 0.25) is 5.75 Å². The van der Waals surface area contributed by atoms with Crippen LogP contribution in [0.2, 0.25) is 0 Å². The quantitative estimate of drug-likeness (QED) is 0.159. The van der Waals surface area contributed by atoms with Crippen molar-refractivity contribution in [2.24, 2.45) is 0 Å². The minimum Gasteiger partial charge on any atom is -0.495 e. The molecule has 4 rings (SSSR count). The molecule has 4 aromatic rings. The predicted octanol–water partition coefficient (Wildman–Crippen LogP) is 5.03. The average Bonchev–Trinajstić information content (AvgIpc) is 2.99. The first-order chi connectivity index (χ1) is 19.7. The summed E-state index contributed by atoms with van der Waals surface area (Å²) >= 11 is 0. The second-order valence-corrected chi connectivity index (χ2v) is 8.66. The van der Waals surface area contributed by atoms with Crippen molar-refractivity contribution in [1.82, 2.24) is 4.98 Å². The van der Waals surface area contributed by atoms with Crippen LogP contribution in [0.15, 0.2) is 60.7 Å². The number of para-hydroxylation sites is 1. The van der Waals surface area contributed by atoms with Gasteiger partial charge in [0, 0.05) is 23.1 Å². The Morgan fingerprint density at radius 3 is 2.15 bits per heavy atom. The van der Waals surface area contributed by atoms with Crippen LogP contribution in [0.25, 0.3) is 22.2 Å². The van der Waals surface area contributed by atoms with Gasteiger partial charge in [-0.3, -0.25) is 14.9 Å². The molecule has 3 aromatic carbocycles. The molecule has 0 spiro atoms. The van der Waals surface area contributed by atoms with Gasteiger partial charge in [-0.15, -0.1) is 0 Å². The van der Waals surface area contributed by atoms with E-state index >= 15 is 0 Å². The highest BCUT2D eigenvalue weighted by molar-refractivity contribution is 6.06. The molecule has 0 aliphatic heterocycles. The number of ether oxygens (including phenoxy) is 5. The zero-order valence-electron chi connectivity index (χ0n) is 22.9. The Morgan fingerprint density at radius 2 is 1.54 bits per heavy atom. The number of benzene rings is 3. The van der Waals surface area contributed by atoms with Crippen LogP contribution in [-0.4, -0.2) is 56.3 Å². The summed E-state index contributed by atoms with van der Waals surface area (Å²) in [5, 5.41) is 14.2. The third kappa shape index (κ3) is 5.96. The van der Waals surface area contributed by atoms with Gasteiger partial charge in [-0.1, -0.05) is 18.2 Å². The summed E-state index contributed by atoms with van der Waals surface area (Å²) in [5.41, 5.74) is 1.52. The lowest BCUT2D eigenvalue weighted by molar-refractivity contribution is -0.384. The highest BCUT2D eigenvalue weighted by Crippen LogP contribution is 2.41. The molecule has 1 unspecified atom stereocenters. The maximum absolute atomic E-state index is 13.4. The van der Waals surface area contributed by atoms with Crippen LogP contribution in [0.5, 0.6) is 23.0 Å². The number of aromatic nitrogens is 1. The molecule has 0 saturated carbocycles. The minimum absolute atomic E-state index is 0.0636. The number of carbonyl (C=O) groups is 2. The van der Waals surface area contributed by atoms with Crippen molar-refractivity contribution in [3.8, 4) is 34.3 Å². The summed E-state index contributed by atoms with van der Waals surface area (Å²) in [7, 11) is 5.84. The number of nitro groups is 1. The molecule has 0 aliphatic carbocycles. The number of nitrogens with one attached hydrogen (secondary N) is 1. The van der Waals surface area contributed by atoms with E-state index < -0.39 is 22.9 Å². The number of rotatable bonds is 10. The lowest BCUT2D eigenvalue weighted by atomic mass is 10.0. The van der Waals surface area contributed by atoms with Gasteiger partial charge in [0.05, 0.1) is 55.8 Å². The fourth-order valence-corrected chi connectivity index (χ4v) is 4.14. The average molecular weight is 562 g/mol. The van der Waals surface area contributed by atoms with E-state index in [1.165, 1.54) is 47.5 Å². The summed E-state index contributed by atoms with van der Waals surface area (Å²) in [6.45, 7) is 1.39. The van der Waals surface area contributed by atoms with E-state index in [1.54, 1.807) is 42.5 Å². The van der Waals surface area contributed by atoms with Gasteiger partial charge in [-0.25, -0.2) is 9.78 Å². The largest absolute Gasteiger partial charge is 0.495 e. The Hall–Kier alpha value is -5.39. The first-order valence-corrected chi connectivity index (χ1v) is 12.2. The Bertz CT molecular complexity index is 1610. The third-order valence-electron chi connectivity index (χ3n) is 6.20. The molecule has 0 saturated heterocycles. The van der Waals surface area contributed by atoms with E-state index in [-0.39, 0.29) is 22.7 Å². The number of anilines is 1. The van der Waals surface area contributed by atoms with Crippen molar-refractivity contribution in [3.63, 3.8) is 0 Å². The van der Waals surface area contributed by atoms with Crippen LogP contribution in [0, 0.1) is 10.1 Å². The molecule has 0 fully saturated rings. The maximum Gasteiger partial charge on any atom is 0.339 e. The van der Waals surface area contributed by atoms with Crippen LogP contribution in [0.3, 0.4) is 0 Å². The lowest BCUT2D eigenvalue weighted by Crippen LogP contribution is -2.30. The fourth-order valence-electron chi connectivity index (χ4n) is 4.14. The van der Waals surface area contributed by atoms with Crippen LogP contribution >= 0.6 is 0 Å². The predicted molar refractivity (Wildman–Crippen MR) is 150 cm³/mol. The normalized spacial score (nSPS) is 11.3. The number of hydrogen-bond acceptors (Lipinski definition) is 10. The Morgan fingerprint density at radius 1 is 0.878 bits per heavy atom. The van der Waals surface area contributed by atoms with Crippen molar-refractivity contribution in [2.75, 3.05) is 33.8 Å². The Balaban J connectivity index is 1.67. The van der Waals surface area contributed by atoms with E-state index in [4.69, 9.17) is 28.7 Å². The van der Waals surface area contributed by atoms with Gasteiger partial charge in [-0.2, -0.15) is 0 Å². The number of pyridine rings is 1. The van der Waals surface area contributed by atoms with Gasteiger partial charge in [-0.05, 0) is 37.3 Å². The molecule has 1 amide bonds. The van der Waals surface area contributed by atoms with Crippen LogP contribution in [0.1, 0.15) is 17.3 Å². The number of nitro benzene ring substituents is 1. The van der Waals surface area contributed by atoms with Crippen LogP contribution < -0.4 is 24.3 Å². The number of fused-ring (bicyclic) bond motifs is 1. The van der Waals surface area contributed by atoms with E-state index in [2.05, 4.69) is 5.32 Å². The fraction of sp³-hybridized carbons (Fsp3) is 0.207. The second-order valence-electron chi connectivity index (χ2n) is 8.66. The summed E-state index contributed by atoms with van der Waals surface area (Å²) in [4.78, 5) is 41.6. The molecule has 0 aliphatic rings. The summed E-state index contributed by atoms with van der Waals surface area (Å²) in [6.07, 6.45) is -1.26. The molecule has 12 heteroatoms. The van der Waals surface area contributed by atoms with E-state index in [1.807, 2.05) is 0 Å². The molecular formula is C29H27N3O9. The molecule has 1 N–H and O–H groups in total. The molecular weight excluding hydrogens is 534 g/mol. The van der Waals surface area contributed by atoms with Gasteiger partial charge in [0.1, 0.15) is 5.75 Å². The van der Waals surface area contributed by atoms with Gasteiger partial charge < -0.3 is 29.0 Å². The van der Waals surface area contributed by atoms with Crippen molar-refractivity contribution in [1.29, 1.82) is 0 Å². The summed E-state index contributed by atoms with van der Waals surface area (Å²) in [6, 6.07) is 15.7. The Kier molecular flexibility index (Phi) is 8.51. The number of nitrogens with zero attached hydrogens (tertiary/aromatic N) is 2. The zero-order valence-corrected chi connectivity index (χ0v) is 22.9. The smallest absolute Gasteiger partial charge is 0.339 e. The Labute approximate surface area is 234 Å². The van der Waals surface area contributed by atoms with Crippen LogP contribution in [-0.2, 0) is 9.53 Å². The van der Waals surface area contributed by atoms with E-state index in [0.717, 1.165) is 6.07 Å². The molecule has 1 heterocycles.